The molecule has 13 heavy (non-hydrogen) atoms. The van der Waals surface area contributed by atoms with Crippen molar-refractivity contribution in [1.29, 1.82) is 0 Å². The number of hydrogen-bond donors (Lipinski definition) is 0. The Morgan fingerprint density at radius 2 is 2.00 bits per heavy atom. The van der Waals surface area contributed by atoms with Crippen LogP contribution < -0.4 is 0 Å². The van der Waals surface area contributed by atoms with Crippen LogP contribution in [0.1, 0.15) is 0 Å². The minimum absolute atomic E-state index is 0.155. The maximum absolute atomic E-state index is 11.2. The molecule has 0 aromatic rings. The SMILES string of the molecule is C=CCN(CC=C)C(=O)CN=[N+]=[N-]. The van der Waals surface area contributed by atoms with E-state index >= 15 is 0 Å². The summed E-state index contributed by atoms with van der Waals surface area (Å²) >= 11 is 0. The average Bonchev–Trinajstić information content (AvgIpc) is 2.14. The van der Waals surface area contributed by atoms with Crippen LogP contribution in [0.2, 0.25) is 0 Å². The molecule has 0 heterocycles. The van der Waals surface area contributed by atoms with Gasteiger partial charge in [-0.1, -0.05) is 17.3 Å². The zero-order valence-corrected chi connectivity index (χ0v) is 7.39. The van der Waals surface area contributed by atoms with Crippen molar-refractivity contribution in [3.63, 3.8) is 0 Å². The van der Waals surface area contributed by atoms with Crippen LogP contribution in [-0.2, 0) is 4.79 Å². The second-order valence-electron chi connectivity index (χ2n) is 2.27. The van der Waals surface area contributed by atoms with Crippen molar-refractivity contribution in [2.24, 2.45) is 5.11 Å². The van der Waals surface area contributed by atoms with Gasteiger partial charge in [-0.15, -0.1) is 13.2 Å². The van der Waals surface area contributed by atoms with E-state index in [0.29, 0.717) is 13.1 Å². The van der Waals surface area contributed by atoms with Crippen molar-refractivity contribution in [2.45, 2.75) is 0 Å². The maximum Gasteiger partial charge on any atom is 0.229 e. The van der Waals surface area contributed by atoms with E-state index < -0.39 is 0 Å². The second kappa shape index (κ2) is 6.94. The van der Waals surface area contributed by atoms with Gasteiger partial charge in [0.15, 0.2) is 0 Å². The highest BCUT2D eigenvalue weighted by molar-refractivity contribution is 5.78. The van der Waals surface area contributed by atoms with E-state index in [2.05, 4.69) is 23.2 Å². The van der Waals surface area contributed by atoms with Gasteiger partial charge in [0.25, 0.3) is 0 Å². The quantitative estimate of drug-likeness (QED) is 0.264. The Hall–Kier alpha value is -1.74. The largest absolute Gasteiger partial charge is 0.335 e. The van der Waals surface area contributed by atoms with Crippen molar-refractivity contribution in [1.82, 2.24) is 4.90 Å². The summed E-state index contributed by atoms with van der Waals surface area (Å²) in [6.45, 7) is 7.75. The predicted molar refractivity (Wildman–Crippen MR) is 51.0 cm³/mol. The highest BCUT2D eigenvalue weighted by Gasteiger charge is 2.07. The van der Waals surface area contributed by atoms with E-state index in [-0.39, 0.29) is 12.5 Å². The van der Waals surface area contributed by atoms with Crippen LogP contribution in [0.5, 0.6) is 0 Å². The first-order valence-corrected chi connectivity index (χ1v) is 3.76. The normalized spacial score (nSPS) is 8.31. The molecule has 0 spiro atoms. The number of hydrogen-bond acceptors (Lipinski definition) is 2. The number of rotatable bonds is 6. The summed E-state index contributed by atoms with van der Waals surface area (Å²) in [6, 6.07) is 0. The van der Waals surface area contributed by atoms with Crippen LogP contribution in [0, 0.1) is 0 Å². The summed E-state index contributed by atoms with van der Waals surface area (Å²) in [5, 5.41) is 3.18. The van der Waals surface area contributed by atoms with E-state index in [4.69, 9.17) is 5.53 Å². The van der Waals surface area contributed by atoms with Crippen molar-refractivity contribution >= 4 is 5.91 Å². The monoisotopic (exact) mass is 180 g/mol. The highest BCUT2D eigenvalue weighted by atomic mass is 16.2. The zero-order valence-electron chi connectivity index (χ0n) is 7.39. The summed E-state index contributed by atoms with van der Waals surface area (Å²) in [4.78, 5) is 15.2. The van der Waals surface area contributed by atoms with Gasteiger partial charge < -0.3 is 4.90 Å². The van der Waals surface area contributed by atoms with Gasteiger partial charge in [0.1, 0.15) is 6.54 Å². The van der Waals surface area contributed by atoms with Crippen LogP contribution in [-0.4, -0.2) is 30.4 Å². The highest BCUT2D eigenvalue weighted by Crippen LogP contribution is 1.91. The van der Waals surface area contributed by atoms with E-state index in [0.717, 1.165) is 0 Å². The molecule has 0 aliphatic heterocycles. The minimum Gasteiger partial charge on any atom is -0.335 e. The van der Waals surface area contributed by atoms with Gasteiger partial charge in [0.05, 0.1) is 0 Å². The molecule has 0 radical (unpaired) electrons. The third-order valence-electron chi connectivity index (χ3n) is 1.32. The maximum atomic E-state index is 11.2. The van der Waals surface area contributed by atoms with Gasteiger partial charge in [-0.2, -0.15) is 0 Å². The zero-order chi connectivity index (χ0) is 10.1. The van der Waals surface area contributed by atoms with Crippen LogP contribution in [0.3, 0.4) is 0 Å². The summed E-state index contributed by atoms with van der Waals surface area (Å²) in [6.07, 6.45) is 3.22. The molecule has 5 heteroatoms. The molecule has 0 unspecified atom stereocenters. The van der Waals surface area contributed by atoms with Crippen molar-refractivity contribution < 1.29 is 4.79 Å². The first-order chi connectivity index (χ1) is 6.26. The lowest BCUT2D eigenvalue weighted by Crippen LogP contribution is -2.32. The first-order valence-electron chi connectivity index (χ1n) is 3.76. The lowest BCUT2D eigenvalue weighted by molar-refractivity contribution is -0.128. The molecule has 0 aromatic carbocycles. The molecule has 0 saturated carbocycles. The molecule has 0 fully saturated rings. The third-order valence-corrected chi connectivity index (χ3v) is 1.32. The standard InChI is InChI=1S/C8H12N4O/c1-3-5-12(6-4-2)8(13)7-10-11-9/h3-4H,1-2,5-7H2. The topological polar surface area (TPSA) is 69.1 Å². The van der Waals surface area contributed by atoms with Gasteiger partial charge in [0.2, 0.25) is 5.91 Å². The van der Waals surface area contributed by atoms with Gasteiger partial charge in [0, 0.05) is 18.0 Å². The number of carbonyl (C=O) groups excluding carboxylic acids is 1. The van der Waals surface area contributed by atoms with Gasteiger partial charge >= 0.3 is 0 Å². The predicted octanol–water partition coefficient (Wildman–Crippen LogP) is 1.50. The summed E-state index contributed by atoms with van der Waals surface area (Å²) in [5.41, 5.74) is 8.00. The Balaban J connectivity index is 4.16. The summed E-state index contributed by atoms with van der Waals surface area (Å²) in [7, 11) is 0. The van der Waals surface area contributed by atoms with Gasteiger partial charge in [-0.25, -0.2) is 0 Å². The molecule has 1 amide bonds. The molecular formula is C8H12N4O. The van der Waals surface area contributed by atoms with Crippen molar-refractivity contribution in [3.8, 4) is 0 Å². The van der Waals surface area contributed by atoms with Crippen LogP contribution in [0.4, 0.5) is 0 Å². The molecule has 70 valence electrons. The van der Waals surface area contributed by atoms with Crippen molar-refractivity contribution in [3.05, 3.63) is 35.8 Å². The van der Waals surface area contributed by atoms with E-state index in [1.54, 1.807) is 12.2 Å². The fourth-order valence-corrected chi connectivity index (χ4v) is 0.782. The molecule has 0 aromatic heterocycles. The fraction of sp³-hybridized carbons (Fsp3) is 0.375. The molecule has 0 atom stereocenters. The second-order valence-corrected chi connectivity index (χ2v) is 2.27. The fourth-order valence-electron chi connectivity index (χ4n) is 0.782. The third kappa shape index (κ3) is 4.66. The lowest BCUT2D eigenvalue weighted by Gasteiger charge is -2.17. The molecule has 0 rings (SSSR count). The van der Waals surface area contributed by atoms with E-state index in [1.165, 1.54) is 4.90 Å². The number of carbonyl (C=O) groups is 1. The summed E-state index contributed by atoms with van der Waals surface area (Å²) in [5.74, 6) is -0.224. The lowest BCUT2D eigenvalue weighted by atomic mass is 10.4. The summed E-state index contributed by atoms with van der Waals surface area (Å²) < 4.78 is 0. The number of amides is 1. The van der Waals surface area contributed by atoms with Gasteiger partial charge in [-0.3, -0.25) is 4.79 Å². The Morgan fingerprint density at radius 3 is 2.38 bits per heavy atom. The average molecular weight is 180 g/mol. The molecule has 5 nitrogen and oxygen atoms in total. The molecular weight excluding hydrogens is 168 g/mol. The van der Waals surface area contributed by atoms with Crippen LogP contribution in [0.25, 0.3) is 10.4 Å². The molecule has 0 N–H and O–H groups in total. The molecule has 0 aliphatic carbocycles. The number of azide groups is 1. The Labute approximate surface area is 77.0 Å². The van der Waals surface area contributed by atoms with E-state index in [1.807, 2.05) is 0 Å². The van der Waals surface area contributed by atoms with Crippen LogP contribution in [0.15, 0.2) is 30.4 Å². The Bertz CT molecular complexity index is 233. The van der Waals surface area contributed by atoms with E-state index in [9.17, 15) is 4.79 Å². The smallest absolute Gasteiger partial charge is 0.229 e. The molecule has 0 aliphatic rings. The van der Waals surface area contributed by atoms with Crippen LogP contribution >= 0.6 is 0 Å². The minimum atomic E-state index is -0.224. The molecule has 0 bridgehead atoms. The Morgan fingerprint density at radius 1 is 1.46 bits per heavy atom. The first kappa shape index (κ1) is 11.3. The van der Waals surface area contributed by atoms with Crippen molar-refractivity contribution in [2.75, 3.05) is 19.6 Å². The Kier molecular flexibility index (Phi) is 6.01. The number of nitrogens with zero attached hydrogens (tertiary/aromatic N) is 4. The molecule has 0 saturated heterocycles. The van der Waals surface area contributed by atoms with Gasteiger partial charge in [-0.05, 0) is 5.53 Å².